The van der Waals surface area contributed by atoms with E-state index in [1.165, 1.54) is 5.56 Å². The maximum absolute atomic E-state index is 9.36. The first-order valence-corrected chi connectivity index (χ1v) is 6.78. The van der Waals surface area contributed by atoms with Crippen molar-refractivity contribution < 1.29 is 5.11 Å². The van der Waals surface area contributed by atoms with E-state index in [0.29, 0.717) is 11.6 Å². The molecule has 100 valence electrons. The van der Waals surface area contributed by atoms with Crippen LogP contribution in [-0.2, 0) is 6.54 Å². The predicted octanol–water partition coefficient (Wildman–Crippen LogP) is 4.55. The van der Waals surface area contributed by atoms with Crippen molar-refractivity contribution in [2.75, 3.05) is 0 Å². The normalized spacial score (nSPS) is 12.4. The lowest BCUT2D eigenvalue weighted by Crippen LogP contribution is -2.17. The molecule has 0 fully saturated rings. The minimum absolute atomic E-state index is 0.108. The number of benzene rings is 2. The Morgan fingerprint density at radius 2 is 1.79 bits per heavy atom. The topological polar surface area (TPSA) is 32.3 Å². The van der Waals surface area contributed by atoms with Crippen LogP contribution in [0.5, 0.6) is 5.75 Å². The molecule has 1 atom stereocenters. The standard InChI is InChI=1S/C15H15Cl2NO/c1-10(12-3-5-13(16)6-4-12)18-9-11-2-7-15(19)14(17)8-11/h2-8,10,18-19H,9H2,1H3/t10-/m1/s1. The van der Waals surface area contributed by atoms with Crippen molar-refractivity contribution in [1.82, 2.24) is 5.32 Å². The molecular formula is C15H15Cl2NO. The lowest BCUT2D eigenvalue weighted by Gasteiger charge is -2.14. The lowest BCUT2D eigenvalue weighted by atomic mass is 10.1. The second-order valence-electron chi connectivity index (χ2n) is 4.44. The van der Waals surface area contributed by atoms with E-state index < -0.39 is 0 Å². The van der Waals surface area contributed by atoms with Crippen LogP contribution in [-0.4, -0.2) is 5.11 Å². The molecule has 0 saturated carbocycles. The van der Waals surface area contributed by atoms with Gasteiger partial charge in [-0.15, -0.1) is 0 Å². The van der Waals surface area contributed by atoms with Crippen LogP contribution in [0.15, 0.2) is 42.5 Å². The Hall–Kier alpha value is -1.22. The Kier molecular flexibility index (Phi) is 4.70. The van der Waals surface area contributed by atoms with Crippen molar-refractivity contribution in [2.45, 2.75) is 19.5 Å². The van der Waals surface area contributed by atoms with Gasteiger partial charge in [0.1, 0.15) is 5.75 Å². The molecule has 0 aliphatic carbocycles. The van der Waals surface area contributed by atoms with Crippen LogP contribution in [0.25, 0.3) is 0 Å². The molecule has 0 amide bonds. The molecule has 19 heavy (non-hydrogen) atoms. The van der Waals surface area contributed by atoms with Crippen molar-refractivity contribution in [3.05, 3.63) is 63.6 Å². The molecule has 2 N–H and O–H groups in total. The fourth-order valence-corrected chi connectivity index (χ4v) is 2.13. The molecule has 2 aromatic carbocycles. The maximum Gasteiger partial charge on any atom is 0.134 e. The van der Waals surface area contributed by atoms with E-state index in [2.05, 4.69) is 12.2 Å². The van der Waals surface area contributed by atoms with Gasteiger partial charge in [-0.1, -0.05) is 41.4 Å². The summed E-state index contributed by atoms with van der Waals surface area (Å²) in [5.74, 6) is 0.108. The number of hydrogen-bond acceptors (Lipinski definition) is 2. The monoisotopic (exact) mass is 295 g/mol. The number of halogens is 2. The van der Waals surface area contributed by atoms with Gasteiger partial charge < -0.3 is 10.4 Å². The van der Waals surface area contributed by atoms with Gasteiger partial charge in [0.05, 0.1) is 5.02 Å². The summed E-state index contributed by atoms with van der Waals surface area (Å²) in [5, 5.41) is 13.9. The molecule has 0 unspecified atom stereocenters. The largest absolute Gasteiger partial charge is 0.506 e. The molecule has 2 rings (SSSR count). The van der Waals surface area contributed by atoms with E-state index in [0.717, 1.165) is 10.6 Å². The van der Waals surface area contributed by atoms with Gasteiger partial charge in [-0.25, -0.2) is 0 Å². The summed E-state index contributed by atoms with van der Waals surface area (Å²) in [7, 11) is 0. The van der Waals surface area contributed by atoms with Gasteiger partial charge in [0, 0.05) is 17.6 Å². The van der Waals surface area contributed by atoms with Crippen LogP contribution < -0.4 is 5.32 Å². The van der Waals surface area contributed by atoms with E-state index in [4.69, 9.17) is 23.2 Å². The molecule has 0 bridgehead atoms. The third kappa shape index (κ3) is 3.87. The van der Waals surface area contributed by atoms with Crippen molar-refractivity contribution in [1.29, 1.82) is 0 Å². The molecule has 2 aromatic rings. The Morgan fingerprint density at radius 1 is 1.11 bits per heavy atom. The number of rotatable bonds is 4. The number of phenolic OH excluding ortho intramolecular Hbond substituents is 1. The highest BCUT2D eigenvalue weighted by Gasteiger charge is 2.05. The Labute approximate surface area is 123 Å². The van der Waals surface area contributed by atoms with Crippen molar-refractivity contribution in [3.8, 4) is 5.75 Å². The van der Waals surface area contributed by atoms with Gasteiger partial charge >= 0.3 is 0 Å². The first-order valence-electron chi connectivity index (χ1n) is 6.02. The Balaban J connectivity index is 1.98. The Morgan fingerprint density at radius 3 is 2.42 bits per heavy atom. The molecule has 0 saturated heterocycles. The third-order valence-corrected chi connectivity index (χ3v) is 3.55. The highest BCUT2D eigenvalue weighted by Crippen LogP contribution is 2.24. The van der Waals surface area contributed by atoms with Crippen molar-refractivity contribution >= 4 is 23.2 Å². The van der Waals surface area contributed by atoms with E-state index >= 15 is 0 Å². The second-order valence-corrected chi connectivity index (χ2v) is 5.28. The van der Waals surface area contributed by atoms with Crippen LogP contribution in [0.3, 0.4) is 0 Å². The van der Waals surface area contributed by atoms with Crippen LogP contribution in [0.1, 0.15) is 24.1 Å². The third-order valence-electron chi connectivity index (χ3n) is 2.99. The molecule has 0 heterocycles. The van der Waals surface area contributed by atoms with Gasteiger partial charge in [0.25, 0.3) is 0 Å². The minimum Gasteiger partial charge on any atom is -0.506 e. The smallest absolute Gasteiger partial charge is 0.134 e. The summed E-state index contributed by atoms with van der Waals surface area (Å²) in [6.07, 6.45) is 0. The summed E-state index contributed by atoms with van der Waals surface area (Å²) in [6.45, 7) is 2.77. The molecule has 0 spiro atoms. The van der Waals surface area contributed by atoms with Gasteiger partial charge in [-0.3, -0.25) is 0 Å². The van der Waals surface area contributed by atoms with Crippen LogP contribution >= 0.6 is 23.2 Å². The average molecular weight is 296 g/mol. The molecule has 2 nitrogen and oxygen atoms in total. The molecule has 0 aliphatic heterocycles. The van der Waals surface area contributed by atoms with E-state index in [9.17, 15) is 5.11 Å². The van der Waals surface area contributed by atoms with Gasteiger partial charge in [-0.2, -0.15) is 0 Å². The summed E-state index contributed by atoms with van der Waals surface area (Å²) < 4.78 is 0. The van der Waals surface area contributed by atoms with Gasteiger partial charge in [0.2, 0.25) is 0 Å². The number of aromatic hydroxyl groups is 1. The quantitative estimate of drug-likeness (QED) is 0.867. The SMILES string of the molecule is C[C@@H](NCc1ccc(O)c(Cl)c1)c1ccc(Cl)cc1. The summed E-state index contributed by atoms with van der Waals surface area (Å²) >= 11 is 11.7. The molecule has 0 radical (unpaired) electrons. The van der Waals surface area contributed by atoms with Gasteiger partial charge in [0.15, 0.2) is 0 Å². The van der Waals surface area contributed by atoms with Crippen LogP contribution in [0.2, 0.25) is 10.0 Å². The number of phenols is 1. The molecular weight excluding hydrogens is 281 g/mol. The number of nitrogens with one attached hydrogen (secondary N) is 1. The lowest BCUT2D eigenvalue weighted by molar-refractivity contribution is 0.475. The van der Waals surface area contributed by atoms with E-state index in [-0.39, 0.29) is 11.8 Å². The predicted molar refractivity (Wildman–Crippen MR) is 79.8 cm³/mol. The van der Waals surface area contributed by atoms with Gasteiger partial charge in [-0.05, 0) is 42.3 Å². The molecule has 0 aromatic heterocycles. The van der Waals surface area contributed by atoms with E-state index in [1.807, 2.05) is 30.3 Å². The zero-order valence-electron chi connectivity index (χ0n) is 10.5. The van der Waals surface area contributed by atoms with E-state index in [1.54, 1.807) is 12.1 Å². The fourth-order valence-electron chi connectivity index (χ4n) is 1.80. The maximum atomic E-state index is 9.36. The highest BCUT2D eigenvalue weighted by atomic mass is 35.5. The van der Waals surface area contributed by atoms with Crippen molar-refractivity contribution in [2.24, 2.45) is 0 Å². The fraction of sp³-hybridized carbons (Fsp3) is 0.200. The average Bonchev–Trinajstić information content (AvgIpc) is 2.40. The molecule has 4 heteroatoms. The van der Waals surface area contributed by atoms with Crippen LogP contribution in [0.4, 0.5) is 0 Å². The minimum atomic E-state index is 0.108. The zero-order chi connectivity index (χ0) is 13.8. The zero-order valence-corrected chi connectivity index (χ0v) is 12.0. The Bertz CT molecular complexity index is 555. The summed E-state index contributed by atoms with van der Waals surface area (Å²) in [4.78, 5) is 0. The second kappa shape index (κ2) is 6.29. The first kappa shape index (κ1) is 14.2. The number of hydrogen-bond donors (Lipinski definition) is 2. The first-order chi connectivity index (χ1) is 9.06. The highest BCUT2D eigenvalue weighted by molar-refractivity contribution is 6.32. The summed E-state index contributed by atoms with van der Waals surface area (Å²) in [5.41, 5.74) is 2.21. The summed E-state index contributed by atoms with van der Waals surface area (Å²) in [6, 6.07) is 13.2. The molecule has 0 aliphatic rings. The van der Waals surface area contributed by atoms with Crippen molar-refractivity contribution in [3.63, 3.8) is 0 Å². The van der Waals surface area contributed by atoms with Crippen LogP contribution in [0, 0.1) is 0 Å².